The van der Waals surface area contributed by atoms with E-state index in [2.05, 4.69) is 41.4 Å². The summed E-state index contributed by atoms with van der Waals surface area (Å²) >= 11 is 0. The number of para-hydroxylation sites is 2. The van der Waals surface area contributed by atoms with Gasteiger partial charge in [-0.15, -0.1) is 0 Å². The highest BCUT2D eigenvalue weighted by atomic mass is 16.3. The highest BCUT2D eigenvalue weighted by Gasteiger charge is 2.35. The molecular formula is C15H22N2O. The number of nitrogens with one attached hydrogen (secondary N) is 1. The Morgan fingerprint density at radius 1 is 1.33 bits per heavy atom. The molecule has 1 heterocycles. The third kappa shape index (κ3) is 2.07. The van der Waals surface area contributed by atoms with Crippen LogP contribution in [0.4, 0.5) is 11.4 Å². The zero-order valence-corrected chi connectivity index (χ0v) is 11.0. The monoisotopic (exact) mass is 246 g/mol. The van der Waals surface area contributed by atoms with Crippen LogP contribution in [0.3, 0.4) is 0 Å². The van der Waals surface area contributed by atoms with Crippen LogP contribution >= 0.6 is 0 Å². The number of benzene rings is 1. The van der Waals surface area contributed by atoms with Crippen LogP contribution in [-0.4, -0.2) is 29.8 Å². The lowest BCUT2D eigenvalue weighted by Gasteiger charge is -2.41. The molecule has 3 rings (SSSR count). The van der Waals surface area contributed by atoms with Gasteiger partial charge in [-0.1, -0.05) is 25.0 Å². The topological polar surface area (TPSA) is 35.5 Å². The summed E-state index contributed by atoms with van der Waals surface area (Å²) in [6.07, 6.45) is 4.23. The van der Waals surface area contributed by atoms with Gasteiger partial charge < -0.3 is 15.3 Å². The molecule has 0 bridgehead atoms. The van der Waals surface area contributed by atoms with E-state index in [-0.39, 0.29) is 0 Å². The second-order valence-electron chi connectivity index (χ2n) is 5.81. The SMILES string of the molecule is CC1CNc2ccccc2N1CC1(O)CCCC1. The van der Waals surface area contributed by atoms with Gasteiger partial charge in [0.2, 0.25) is 0 Å². The molecule has 1 atom stereocenters. The number of nitrogens with zero attached hydrogens (tertiary/aromatic N) is 1. The lowest BCUT2D eigenvalue weighted by Crippen LogP contribution is -2.49. The molecule has 0 saturated heterocycles. The van der Waals surface area contributed by atoms with Gasteiger partial charge in [-0.25, -0.2) is 0 Å². The highest BCUT2D eigenvalue weighted by molar-refractivity contribution is 5.72. The van der Waals surface area contributed by atoms with E-state index < -0.39 is 5.60 Å². The maximum atomic E-state index is 10.6. The van der Waals surface area contributed by atoms with Crippen molar-refractivity contribution in [1.82, 2.24) is 0 Å². The van der Waals surface area contributed by atoms with E-state index in [0.29, 0.717) is 6.04 Å². The first-order valence-electron chi connectivity index (χ1n) is 7.00. The number of β-amino-alcohol motifs (C(OH)–C–C–N with tert-alkyl or cyclic N) is 1. The molecule has 0 radical (unpaired) electrons. The van der Waals surface area contributed by atoms with Gasteiger partial charge in [-0.3, -0.25) is 0 Å². The fourth-order valence-electron chi connectivity index (χ4n) is 3.23. The van der Waals surface area contributed by atoms with Gasteiger partial charge >= 0.3 is 0 Å². The van der Waals surface area contributed by atoms with E-state index in [9.17, 15) is 5.11 Å². The summed E-state index contributed by atoms with van der Waals surface area (Å²) in [6, 6.07) is 8.84. The van der Waals surface area contributed by atoms with Crippen LogP contribution in [0.15, 0.2) is 24.3 Å². The summed E-state index contributed by atoms with van der Waals surface area (Å²) in [7, 11) is 0. The molecule has 98 valence electrons. The van der Waals surface area contributed by atoms with Crippen molar-refractivity contribution in [2.24, 2.45) is 0 Å². The maximum Gasteiger partial charge on any atom is 0.0822 e. The van der Waals surface area contributed by atoms with Crippen LogP contribution in [0.2, 0.25) is 0 Å². The molecule has 1 aliphatic heterocycles. The van der Waals surface area contributed by atoms with Crippen molar-refractivity contribution >= 4 is 11.4 Å². The standard InChI is InChI=1S/C15H22N2O/c1-12-10-16-13-6-2-3-7-14(13)17(12)11-15(18)8-4-5-9-15/h2-3,6-7,12,16,18H,4-5,8-11H2,1H3. The number of aliphatic hydroxyl groups is 1. The Kier molecular flexibility index (Phi) is 2.94. The summed E-state index contributed by atoms with van der Waals surface area (Å²) in [6.45, 7) is 3.95. The van der Waals surface area contributed by atoms with Gasteiger partial charge in [0.05, 0.1) is 17.0 Å². The van der Waals surface area contributed by atoms with Crippen molar-refractivity contribution in [3.05, 3.63) is 24.3 Å². The quantitative estimate of drug-likeness (QED) is 0.842. The zero-order valence-electron chi connectivity index (χ0n) is 11.0. The van der Waals surface area contributed by atoms with Gasteiger partial charge in [-0.2, -0.15) is 0 Å². The van der Waals surface area contributed by atoms with E-state index in [1.165, 1.54) is 24.2 Å². The molecule has 1 saturated carbocycles. The predicted octanol–water partition coefficient (Wildman–Crippen LogP) is 2.61. The van der Waals surface area contributed by atoms with Gasteiger partial charge in [-0.05, 0) is 31.9 Å². The first-order valence-corrected chi connectivity index (χ1v) is 7.00. The van der Waals surface area contributed by atoms with Crippen LogP contribution in [0.1, 0.15) is 32.6 Å². The molecule has 2 aliphatic rings. The Labute approximate surface area is 109 Å². The first kappa shape index (κ1) is 11.8. The number of rotatable bonds is 2. The minimum absolute atomic E-state index is 0.435. The molecule has 18 heavy (non-hydrogen) atoms. The van der Waals surface area contributed by atoms with Crippen molar-refractivity contribution in [3.8, 4) is 0 Å². The van der Waals surface area contributed by atoms with E-state index in [0.717, 1.165) is 25.9 Å². The molecule has 1 unspecified atom stereocenters. The molecule has 1 aliphatic carbocycles. The van der Waals surface area contributed by atoms with E-state index in [4.69, 9.17) is 0 Å². The fraction of sp³-hybridized carbons (Fsp3) is 0.600. The van der Waals surface area contributed by atoms with Crippen molar-refractivity contribution in [1.29, 1.82) is 0 Å². The van der Waals surface area contributed by atoms with Crippen LogP contribution in [0, 0.1) is 0 Å². The minimum atomic E-state index is -0.474. The molecule has 3 nitrogen and oxygen atoms in total. The Morgan fingerprint density at radius 3 is 2.83 bits per heavy atom. The lowest BCUT2D eigenvalue weighted by atomic mass is 9.99. The average molecular weight is 246 g/mol. The minimum Gasteiger partial charge on any atom is -0.388 e. The number of hydrogen-bond donors (Lipinski definition) is 2. The molecule has 0 amide bonds. The predicted molar refractivity (Wildman–Crippen MR) is 75.2 cm³/mol. The largest absolute Gasteiger partial charge is 0.388 e. The summed E-state index contributed by atoms with van der Waals surface area (Å²) in [4.78, 5) is 2.37. The van der Waals surface area contributed by atoms with Crippen LogP contribution in [0.25, 0.3) is 0 Å². The third-order valence-corrected chi connectivity index (χ3v) is 4.33. The lowest BCUT2D eigenvalue weighted by molar-refractivity contribution is 0.0532. The molecule has 0 aromatic heterocycles. The van der Waals surface area contributed by atoms with E-state index in [1.54, 1.807) is 0 Å². The Morgan fingerprint density at radius 2 is 2.06 bits per heavy atom. The van der Waals surface area contributed by atoms with E-state index in [1.807, 2.05) is 0 Å². The van der Waals surface area contributed by atoms with Gasteiger partial charge in [0.15, 0.2) is 0 Å². The molecule has 1 aromatic rings. The number of hydrogen-bond acceptors (Lipinski definition) is 3. The van der Waals surface area contributed by atoms with E-state index >= 15 is 0 Å². The maximum absolute atomic E-state index is 10.6. The normalized spacial score (nSPS) is 25.7. The van der Waals surface area contributed by atoms with Gasteiger partial charge in [0.1, 0.15) is 0 Å². The average Bonchev–Trinajstić information content (AvgIpc) is 2.80. The Bertz CT molecular complexity index is 426. The summed E-state index contributed by atoms with van der Waals surface area (Å²) in [5, 5.41) is 14.1. The zero-order chi connectivity index (χ0) is 12.6. The molecule has 3 heteroatoms. The third-order valence-electron chi connectivity index (χ3n) is 4.33. The number of fused-ring (bicyclic) bond motifs is 1. The second-order valence-corrected chi connectivity index (χ2v) is 5.81. The van der Waals surface area contributed by atoms with Crippen molar-refractivity contribution in [2.75, 3.05) is 23.3 Å². The second kappa shape index (κ2) is 4.47. The van der Waals surface area contributed by atoms with Gasteiger partial charge in [0, 0.05) is 19.1 Å². The number of anilines is 2. The van der Waals surface area contributed by atoms with Crippen LogP contribution in [0.5, 0.6) is 0 Å². The molecular weight excluding hydrogens is 224 g/mol. The van der Waals surface area contributed by atoms with Crippen molar-refractivity contribution in [3.63, 3.8) is 0 Å². The first-order chi connectivity index (χ1) is 8.68. The molecule has 1 aromatic carbocycles. The van der Waals surface area contributed by atoms with Crippen LogP contribution < -0.4 is 10.2 Å². The van der Waals surface area contributed by atoms with Gasteiger partial charge in [0.25, 0.3) is 0 Å². The fourth-order valence-corrected chi connectivity index (χ4v) is 3.23. The van der Waals surface area contributed by atoms with Crippen molar-refractivity contribution in [2.45, 2.75) is 44.2 Å². The smallest absolute Gasteiger partial charge is 0.0822 e. The Balaban J connectivity index is 1.86. The molecule has 2 N–H and O–H groups in total. The molecule has 0 spiro atoms. The summed E-state index contributed by atoms with van der Waals surface area (Å²) < 4.78 is 0. The highest BCUT2D eigenvalue weighted by Crippen LogP contribution is 2.36. The molecule has 1 fully saturated rings. The Hall–Kier alpha value is -1.22. The summed E-state index contributed by atoms with van der Waals surface area (Å²) in [5.41, 5.74) is 1.95. The van der Waals surface area contributed by atoms with Crippen molar-refractivity contribution < 1.29 is 5.11 Å². The summed E-state index contributed by atoms with van der Waals surface area (Å²) in [5.74, 6) is 0. The van der Waals surface area contributed by atoms with Crippen LogP contribution in [-0.2, 0) is 0 Å².